The Kier molecular flexibility index (Phi) is 5.17. The molecule has 0 unspecified atom stereocenters. The van der Waals surface area contributed by atoms with Crippen molar-refractivity contribution in [1.29, 1.82) is 5.26 Å². The van der Waals surface area contributed by atoms with E-state index in [0.29, 0.717) is 25.7 Å². The molecule has 0 aliphatic heterocycles. The van der Waals surface area contributed by atoms with Crippen LogP contribution in [0.5, 0.6) is 11.5 Å². The van der Waals surface area contributed by atoms with Crippen molar-refractivity contribution in [3.05, 3.63) is 61.8 Å². The summed E-state index contributed by atoms with van der Waals surface area (Å²) in [6.45, 7) is 0. The summed E-state index contributed by atoms with van der Waals surface area (Å²) in [5, 5.41) is 28.5. The van der Waals surface area contributed by atoms with Gasteiger partial charge in [0.2, 0.25) is 0 Å². The van der Waals surface area contributed by atoms with Crippen molar-refractivity contribution in [2.75, 3.05) is 0 Å². The van der Waals surface area contributed by atoms with E-state index in [9.17, 15) is 5.21 Å². The molecule has 0 saturated carbocycles. The van der Waals surface area contributed by atoms with Crippen molar-refractivity contribution in [2.24, 2.45) is 0 Å². The number of benzene rings is 2. The SMILES string of the molecule is N#Cc1cccc(Oc2ccc([I-]N([O-])O)c(Cl)c2)c1. The number of halogens is 2. The van der Waals surface area contributed by atoms with E-state index in [0.717, 1.165) is 0 Å². The molecule has 5 nitrogen and oxygen atoms in total. The summed E-state index contributed by atoms with van der Waals surface area (Å²) >= 11 is 4.78. The van der Waals surface area contributed by atoms with Gasteiger partial charge in [0, 0.05) is 0 Å². The van der Waals surface area contributed by atoms with Crippen LogP contribution < -0.4 is 26.2 Å². The van der Waals surface area contributed by atoms with Crippen LogP contribution in [0.4, 0.5) is 0 Å². The van der Waals surface area contributed by atoms with E-state index in [4.69, 9.17) is 26.8 Å². The second-order valence-electron chi connectivity index (χ2n) is 3.63. The molecule has 0 aliphatic rings. The minimum absolute atomic E-state index is 0.0863. The molecule has 2 rings (SSSR count). The number of nitriles is 1. The summed E-state index contributed by atoms with van der Waals surface area (Å²) in [4.78, 5) is 0. The van der Waals surface area contributed by atoms with Gasteiger partial charge in [0.15, 0.2) is 0 Å². The third-order valence-electron chi connectivity index (χ3n) is 2.25. The number of rotatable bonds is 4. The molecular formula is C13H8ClIN2O3-2. The van der Waals surface area contributed by atoms with Gasteiger partial charge in [0.1, 0.15) is 0 Å². The zero-order valence-electron chi connectivity index (χ0n) is 9.96. The van der Waals surface area contributed by atoms with Gasteiger partial charge in [-0.15, -0.1) is 0 Å². The Balaban J connectivity index is 2.18. The van der Waals surface area contributed by atoms with E-state index >= 15 is 0 Å². The summed E-state index contributed by atoms with van der Waals surface area (Å²) in [7, 11) is 0. The molecule has 0 aliphatic carbocycles. The van der Waals surface area contributed by atoms with Gasteiger partial charge in [-0.3, -0.25) is 0 Å². The molecule has 0 amide bonds. The summed E-state index contributed by atoms with van der Waals surface area (Å²) in [6, 6.07) is 13.6. The second kappa shape index (κ2) is 6.88. The predicted octanol–water partition coefficient (Wildman–Crippen LogP) is 0.367. The Labute approximate surface area is 131 Å². The predicted molar refractivity (Wildman–Crippen MR) is 68.4 cm³/mol. The zero-order valence-corrected chi connectivity index (χ0v) is 12.9. The van der Waals surface area contributed by atoms with Crippen molar-refractivity contribution in [3.8, 4) is 17.6 Å². The average Bonchev–Trinajstić information content (AvgIpc) is 2.42. The van der Waals surface area contributed by atoms with Crippen molar-refractivity contribution in [1.82, 2.24) is 3.44 Å². The van der Waals surface area contributed by atoms with E-state index in [-0.39, 0.29) is 3.44 Å². The molecule has 2 aromatic carbocycles. The van der Waals surface area contributed by atoms with Crippen molar-refractivity contribution in [3.63, 3.8) is 0 Å². The van der Waals surface area contributed by atoms with Crippen LogP contribution in [0.15, 0.2) is 42.5 Å². The Morgan fingerprint density at radius 1 is 1.25 bits per heavy atom. The third-order valence-corrected chi connectivity index (χ3v) is 4.76. The first-order chi connectivity index (χ1) is 9.58. The van der Waals surface area contributed by atoms with E-state index in [2.05, 4.69) is 0 Å². The van der Waals surface area contributed by atoms with Crippen LogP contribution in [-0.2, 0) is 0 Å². The third kappa shape index (κ3) is 4.06. The maximum atomic E-state index is 10.6. The van der Waals surface area contributed by atoms with Crippen LogP contribution in [0.2, 0.25) is 5.02 Å². The van der Waals surface area contributed by atoms with Crippen molar-refractivity contribution < 1.29 is 31.4 Å². The number of nitrogens with zero attached hydrogens (tertiary/aromatic N) is 2. The summed E-state index contributed by atoms with van der Waals surface area (Å²) in [6.07, 6.45) is 0. The Bertz CT molecular complexity index is 658. The molecule has 0 atom stereocenters. The van der Waals surface area contributed by atoms with Gasteiger partial charge in [-0.2, -0.15) is 0 Å². The van der Waals surface area contributed by atoms with Crippen LogP contribution in [0.1, 0.15) is 5.56 Å². The van der Waals surface area contributed by atoms with Crippen LogP contribution in [0.25, 0.3) is 0 Å². The molecule has 0 spiro atoms. The average molecular weight is 403 g/mol. The monoisotopic (exact) mass is 402 g/mol. The van der Waals surface area contributed by atoms with E-state index < -0.39 is 21.5 Å². The number of hydrogen-bond acceptors (Lipinski definition) is 5. The summed E-state index contributed by atoms with van der Waals surface area (Å²) < 4.78 is 6.10. The van der Waals surface area contributed by atoms with E-state index in [1.165, 1.54) is 0 Å². The zero-order chi connectivity index (χ0) is 14.5. The summed E-state index contributed by atoms with van der Waals surface area (Å²) in [5.74, 6) is 1.02. The van der Waals surface area contributed by atoms with Crippen LogP contribution in [0, 0.1) is 20.1 Å². The fourth-order valence-corrected chi connectivity index (χ4v) is 3.01. The fourth-order valence-electron chi connectivity index (χ4n) is 1.45. The molecule has 20 heavy (non-hydrogen) atoms. The topological polar surface area (TPSA) is 79.5 Å². The van der Waals surface area contributed by atoms with Crippen molar-refractivity contribution in [2.45, 2.75) is 0 Å². The normalized spacial score (nSPS) is 10.6. The molecule has 1 N–H and O–H groups in total. The molecule has 0 fully saturated rings. The fraction of sp³-hybridized carbons (Fsp3) is 0. The van der Waals surface area contributed by atoms with Gasteiger partial charge in [0.05, 0.1) is 0 Å². The van der Waals surface area contributed by atoms with Gasteiger partial charge in [0.25, 0.3) is 0 Å². The molecule has 2 aromatic rings. The second-order valence-corrected chi connectivity index (χ2v) is 6.51. The van der Waals surface area contributed by atoms with Crippen LogP contribution >= 0.6 is 11.6 Å². The standard InChI is InChI=1S/C13H8ClIN2O3/c14-12-7-11(4-5-13(12)15-17(18)19)20-10-3-1-2-9(6-10)8-16/h1-7,18H/q-2. The van der Waals surface area contributed by atoms with Crippen molar-refractivity contribution >= 4 is 11.6 Å². The van der Waals surface area contributed by atoms with Gasteiger partial charge in [-0.25, -0.2) is 0 Å². The molecule has 0 radical (unpaired) electrons. The molecule has 0 heterocycles. The molecule has 7 heteroatoms. The van der Waals surface area contributed by atoms with Crippen LogP contribution in [-0.4, -0.2) is 8.65 Å². The molecular weight excluding hydrogens is 395 g/mol. The first kappa shape index (κ1) is 15.0. The molecule has 0 bridgehead atoms. The first-order valence-corrected chi connectivity index (χ1v) is 7.79. The minimum atomic E-state index is -1.23. The molecule has 0 aromatic heterocycles. The van der Waals surface area contributed by atoms with Crippen LogP contribution in [0.3, 0.4) is 0 Å². The quantitative estimate of drug-likeness (QED) is 0.454. The molecule has 0 saturated heterocycles. The van der Waals surface area contributed by atoms with Gasteiger partial charge < -0.3 is 0 Å². The summed E-state index contributed by atoms with van der Waals surface area (Å²) in [5.41, 5.74) is 0.498. The number of ether oxygens (including phenoxy) is 1. The first-order valence-electron chi connectivity index (χ1n) is 5.37. The Morgan fingerprint density at radius 2 is 2.00 bits per heavy atom. The van der Waals surface area contributed by atoms with Gasteiger partial charge >= 0.3 is 131 Å². The number of hydrogen-bond donors (Lipinski definition) is 1. The van der Waals surface area contributed by atoms with Gasteiger partial charge in [-0.05, 0) is 0 Å². The van der Waals surface area contributed by atoms with E-state index in [1.54, 1.807) is 42.5 Å². The Hall–Kier alpha value is -1.37. The van der Waals surface area contributed by atoms with Gasteiger partial charge in [-0.1, -0.05) is 0 Å². The van der Waals surface area contributed by atoms with E-state index in [1.807, 2.05) is 6.07 Å². The Morgan fingerprint density at radius 3 is 2.65 bits per heavy atom. The maximum absolute atomic E-state index is 10.6. The molecule has 104 valence electrons.